The van der Waals surface area contributed by atoms with Crippen molar-refractivity contribution in [2.45, 2.75) is 31.7 Å². The number of hydrogen-bond donors (Lipinski definition) is 4. The van der Waals surface area contributed by atoms with Crippen LogP contribution in [-0.2, 0) is 4.74 Å². The van der Waals surface area contributed by atoms with E-state index in [4.69, 9.17) is 28.4 Å². The largest absolute Gasteiger partial charge is 0.508 e. The highest BCUT2D eigenvalue weighted by Gasteiger charge is 2.33. The molecule has 4 rings (SSSR count). The highest BCUT2D eigenvalue weighted by atomic mass is 16.6. The van der Waals surface area contributed by atoms with Crippen molar-refractivity contribution in [3.63, 3.8) is 0 Å². The smallest absolute Gasteiger partial charge is 0.204 e. The Morgan fingerprint density at radius 2 is 1.60 bits per heavy atom. The second kappa shape index (κ2) is 12.2. The van der Waals surface area contributed by atoms with Gasteiger partial charge in [-0.3, -0.25) is 4.79 Å². The van der Waals surface area contributed by atoms with Crippen LogP contribution in [0.15, 0.2) is 42.5 Å². The van der Waals surface area contributed by atoms with Crippen molar-refractivity contribution >= 4 is 5.78 Å². The van der Waals surface area contributed by atoms with Crippen LogP contribution in [-0.4, -0.2) is 66.9 Å². The van der Waals surface area contributed by atoms with Gasteiger partial charge in [0.15, 0.2) is 34.9 Å². The van der Waals surface area contributed by atoms with Gasteiger partial charge in [-0.05, 0) is 36.8 Å². The van der Waals surface area contributed by atoms with Gasteiger partial charge in [-0.2, -0.15) is 0 Å². The van der Waals surface area contributed by atoms with Crippen LogP contribution in [0.3, 0.4) is 0 Å². The van der Waals surface area contributed by atoms with E-state index in [1.165, 1.54) is 33.5 Å². The van der Waals surface area contributed by atoms with Crippen LogP contribution in [0.4, 0.5) is 0 Å². The number of aliphatic hydroxyl groups is 1. The lowest BCUT2D eigenvalue weighted by Crippen LogP contribution is -2.31. The molecule has 0 radical (unpaired) electrons. The molecule has 214 valence electrons. The lowest BCUT2D eigenvalue weighted by atomic mass is 9.95. The number of benzene rings is 3. The van der Waals surface area contributed by atoms with E-state index < -0.39 is 24.9 Å². The number of methoxy groups -OCH3 is 3. The summed E-state index contributed by atoms with van der Waals surface area (Å²) in [5.74, 6) is -0.0364. The van der Waals surface area contributed by atoms with Gasteiger partial charge < -0.3 is 48.8 Å². The van der Waals surface area contributed by atoms with Gasteiger partial charge >= 0.3 is 0 Å². The molecule has 11 nitrogen and oxygen atoms in total. The number of Topliss-reactive ketones (excluding diaryl/α,β-unsaturated/α-hetero) is 1. The summed E-state index contributed by atoms with van der Waals surface area (Å²) in [5, 5.41) is 40.3. The molecule has 0 saturated carbocycles. The minimum Gasteiger partial charge on any atom is -0.508 e. The zero-order valence-corrected chi connectivity index (χ0v) is 22.5. The Morgan fingerprint density at radius 1 is 0.925 bits per heavy atom. The summed E-state index contributed by atoms with van der Waals surface area (Å²) in [5.41, 5.74) is 1.13. The summed E-state index contributed by atoms with van der Waals surface area (Å²) in [6, 6.07) is 10.3. The van der Waals surface area contributed by atoms with E-state index in [0.717, 1.165) is 6.07 Å². The summed E-state index contributed by atoms with van der Waals surface area (Å²) in [6.45, 7) is 1.67. The number of aliphatic hydroxyl groups excluding tert-OH is 1. The quantitative estimate of drug-likeness (QED) is 0.270. The average molecular weight is 557 g/mol. The first-order valence-corrected chi connectivity index (χ1v) is 12.5. The molecule has 40 heavy (non-hydrogen) atoms. The lowest BCUT2D eigenvalue weighted by Gasteiger charge is -2.29. The standard InChI is InChI=1S/C29H32O11/c1-5-38-28(15-6-7-18(32)22(8-15)35-2)26(14-30)40-29-24(36-3)9-16(10-25(29)37-4)21-13-20(34)27-19(33)11-17(31)12-23(27)39-21/h6-12,21,26,28,30-33H,5,13-14H2,1-4H3/t21-,26-,28-/m0/s1. The number of phenolic OH excluding ortho intramolecular Hbond substituents is 3. The molecular weight excluding hydrogens is 524 g/mol. The number of aromatic hydroxyl groups is 3. The Labute approximate surface area is 231 Å². The van der Waals surface area contributed by atoms with Gasteiger partial charge in [0.05, 0.1) is 34.4 Å². The topological polar surface area (TPSA) is 153 Å². The second-order valence-corrected chi connectivity index (χ2v) is 8.97. The summed E-state index contributed by atoms with van der Waals surface area (Å²) >= 11 is 0. The lowest BCUT2D eigenvalue weighted by molar-refractivity contribution is -0.0452. The molecule has 1 aliphatic rings. The van der Waals surface area contributed by atoms with Gasteiger partial charge in [0, 0.05) is 24.3 Å². The summed E-state index contributed by atoms with van der Waals surface area (Å²) in [6.07, 6.45) is -2.53. The Kier molecular flexibility index (Phi) is 8.76. The molecule has 0 bridgehead atoms. The van der Waals surface area contributed by atoms with Crippen LogP contribution in [0.2, 0.25) is 0 Å². The fraction of sp³-hybridized carbons (Fsp3) is 0.345. The predicted molar refractivity (Wildman–Crippen MR) is 142 cm³/mol. The van der Waals surface area contributed by atoms with Gasteiger partial charge in [-0.1, -0.05) is 6.07 Å². The van der Waals surface area contributed by atoms with Crippen molar-refractivity contribution in [1.82, 2.24) is 0 Å². The number of carbonyl (C=O) groups excluding carboxylic acids is 1. The van der Waals surface area contributed by atoms with E-state index in [9.17, 15) is 25.2 Å². The molecule has 3 aromatic carbocycles. The predicted octanol–water partition coefficient (Wildman–Crippen LogP) is 4.05. The fourth-order valence-electron chi connectivity index (χ4n) is 4.63. The molecule has 11 heteroatoms. The van der Waals surface area contributed by atoms with E-state index in [2.05, 4.69) is 0 Å². The highest BCUT2D eigenvalue weighted by Crippen LogP contribution is 2.46. The number of carbonyl (C=O) groups is 1. The van der Waals surface area contributed by atoms with Gasteiger partial charge in [0.1, 0.15) is 35.0 Å². The fourth-order valence-corrected chi connectivity index (χ4v) is 4.63. The summed E-state index contributed by atoms with van der Waals surface area (Å²) in [7, 11) is 4.30. The molecule has 1 heterocycles. The minimum absolute atomic E-state index is 0.00606. The van der Waals surface area contributed by atoms with Crippen molar-refractivity contribution < 1.29 is 53.6 Å². The van der Waals surface area contributed by atoms with Crippen molar-refractivity contribution in [2.24, 2.45) is 0 Å². The van der Waals surface area contributed by atoms with Gasteiger partial charge in [-0.15, -0.1) is 0 Å². The van der Waals surface area contributed by atoms with Gasteiger partial charge in [0.2, 0.25) is 5.75 Å². The monoisotopic (exact) mass is 556 g/mol. The SMILES string of the molecule is CCO[C@@H](c1ccc(O)c(OC)c1)[C@H](CO)Oc1c(OC)cc([C@@H]2CC(=O)c3c(O)cc(O)cc3O2)cc1OC. The van der Waals surface area contributed by atoms with E-state index in [0.29, 0.717) is 17.7 Å². The van der Waals surface area contributed by atoms with Crippen LogP contribution in [0.1, 0.15) is 47.0 Å². The number of ether oxygens (including phenoxy) is 6. The second-order valence-electron chi connectivity index (χ2n) is 8.97. The van der Waals surface area contributed by atoms with E-state index in [1.807, 2.05) is 0 Å². The van der Waals surface area contributed by atoms with E-state index in [-0.39, 0.29) is 63.8 Å². The summed E-state index contributed by atoms with van der Waals surface area (Å²) in [4.78, 5) is 12.8. The normalized spacial score (nSPS) is 15.9. The molecule has 0 amide bonds. The Morgan fingerprint density at radius 3 is 2.20 bits per heavy atom. The number of phenols is 3. The average Bonchev–Trinajstić information content (AvgIpc) is 2.94. The molecule has 0 saturated heterocycles. The third-order valence-electron chi connectivity index (χ3n) is 6.51. The first-order chi connectivity index (χ1) is 19.2. The van der Waals surface area contributed by atoms with Crippen LogP contribution in [0, 0.1) is 0 Å². The van der Waals surface area contributed by atoms with Crippen LogP contribution in [0.5, 0.6) is 46.0 Å². The molecule has 3 atom stereocenters. The minimum atomic E-state index is -0.923. The zero-order valence-electron chi connectivity index (χ0n) is 22.5. The first kappa shape index (κ1) is 28.7. The van der Waals surface area contributed by atoms with E-state index in [1.54, 1.807) is 31.2 Å². The molecule has 1 aliphatic heterocycles. The van der Waals surface area contributed by atoms with Crippen molar-refractivity contribution in [1.29, 1.82) is 0 Å². The molecule has 0 aliphatic carbocycles. The maximum atomic E-state index is 12.8. The van der Waals surface area contributed by atoms with Crippen molar-refractivity contribution in [3.8, 4) is 46.0 Å². The molecular formula is C29H32O11. The molecule has 0 fully saturated rings. The van der Waals surface area contributed by atoms with E-state index >= 15 is 0 Å². The maximum absolute atomic E-state index is 12.8. The van der Waals surface area contributed by atoms with Gasteiger partial charge in [0.25, 0.3) is 0 Å². The number of hydrogen-bond acceptors (Lipinski definition) is 11. The maximum Gasteiger partial charge on any atom is 0.204 e. The third-order valence-corrected chi connectivity index (χ3v) is 6.51. The molecule has 0 spiro atoms. The molecule has 3 aromatic rings. The molecule has 0 unspecified atom stereocenters. The Hall–Kier alpha value is -4.35. The highest BCUT2D eigenvalue weighted by molar-refractivity contribution is 6.02. The zero-order chi connectivity index (χ0) is 29.0. The molecule has 4 N–H and O–H groups in total. The Balaban J connectivity index is 1.69. The van der Waals surface area contributed by atoms with Crippen LogP contribution < -0.4 is 23.7 Å². The van der Waals surface area contributed by atoms with Crippen molar-refractivity contribution in [2.75, 3.05) is 34.5 Å². The molecule has 0 aromatic heterocycles. The van der Waals surface area contributed by atoms with Crippen LogP contribution >= 0.6 is 0 Å². The number of ketones is 1. The Bertz CT molecular complexity index is 1350. The number of fused-ring (bicyclic) bond motifs is 1. The third kappa shape index (κ3) is 5.65. The van der Waals surface area contributed by atoms with Crippen molar-refractivity contribution in [3.05, 3.63) is 59.2 Å². The summed E-state index contributed by atoms with van der Waals surface area (Å²) < 4.78 is 34.5. The number of rotatable bonds is 11. The first-order valence-electron chi connectivity index (χ1n) is 12.5. The van der Waals surface area contributed by atoms with Crippen LogP contribution in [0.25, 0.3) is 0 Å². The van der Waals surface area contributed by atoms with Gasteiger partial charge in [-0.25, -0.2) is 0 Å².